The minimum atomic E-state index is -3.65. The summed E-state index contributed by atoms with van der Waals surface area (Å²) < 4.78 is 31.1. The van der Waals surface area contributed by atoms with Crippen LogP contribution in [0.25, 0.3) is 0 Å². The summed E-state index contributed by atoms with van der Waals surface area (Å²) in [7, 11) is -3.65. The van der Waals surface area contributed by atoms with Crippen LogP contribution in [0.4, 0.5) is 0 Å². The molecule has 2 N–H and O–H groups in total. The average molecular weight is 293 g/mol. The first-order valence-corrected chi connectivity index (χ1v) is 7.62. The molecule has 0 bridgehead atoms. The van der Waals surface area contributed by atoms with Crippen molar-refractivity contribution in [3.63, 3.8) is 0 Å². The van der Waals surface area contributed by atoms with Gasteiger partial charge in [0, 0.05) is 11.9 Å². The number of nitrogens with one attached hydrogen (secondary N) is 1. The number of hydrogen-bond acceptors (Lipinski definition) is 5. The average Bonchev–Trinajstić information content (AvgIpc) is 2.74. The first-order valence-electron chi connectivity index (χ1n) is 5.26. The van der Waals surface area contributed by atoms with Gasteiger partial charge in [0.2, 0.25) is 10.0 Å². The van der Waals surface area contributed by atoms with E-state index in [2.05, 4.69) is 4.72 Å². The van der Waals surface area contributed by atoms with Gasteiger partial charge in [-0.3, -0.25) is 0 Å². The smallest absolute Gasteiger partial charge is 0.336 e. The lowest BCUT2D eigenvalue weighted by atomic mass is 10.4. The van der Waals surface area contributed by atoms with Gasteiger partial charge in [-0.1, -0.05) is 0 Å². The fourth-order valence-corrected chi connectivity index (χ4v) is 3.32. The zero-order chi connectivity index (χ0) is 13.8. The zero-order valence-corrected chi connectivity index (χ0v) is 11.7. The molecule has 0 atom stereocenters. The number of sulfonamides is 1. The topological polar surface area (TPSA) is 92.7 Å². The Bertz CT molecular complexity index is 506. The van der Waals surface area contributed by atoms with Crippen LogP contribution in [0.1, 0.15) is 24.2 Å². The summed E-state index contributed by atoms with van der Waals surface area (Å²) in [6, 6.07) is 1.14. The largest absolute Gasteiger partial charge is 0.478 e. The minimum Gasteiger partial charge on any atom is -0.478 e. The van der Waals surface area contributed by atoms with Crippen molar-refractivity contribution in [1.29, 1.82) is 0 Å². The van der Waals surface area contributed by atoms with Gasteiger partial charge in [-0.25, -0.2) is 17.9 Å². The van der Waals surface area contributed by atoms with E-state index in [0.717, 1.165) is 17.4 Å². The molecule has 0 saturated heterocycles. The van der Waals surface area contributed by atoms with E-state index in [9.17, 15) is 13.2 Å². The highest BCUT2D eigenvalue weighted by Crippen LogP contribution is 2.19. The Morgan fingerprint density at radius 2 is 2.22 bits per heavy atom. The van der Waals surface area contributed by atoms with Gasteiger partial charge < -0.3 is 9.84 Å². The number of carbonyl (C=O) groups is 1. The van der Waals surface area contributed by atoms with E-state index in [1.807, 2.05) is 13.8 Å². The van der Waals surface area contributed by atoms with Crippen molar-refractivity contribution >= 4 is 27.3 Å². The highest BCUT2D eigenvalue weighted by Gasteiger charge is 2.18. The molecule has 6 nitrogen and oxygen atoms in total. The van der Waals surface area contributed by atoms with Gasteiger partial charge in [0.05, 0.1) is 18.3 Å². The molecule has 18 heavy (non-hydrogen) atoms. The lowest BCUT2D eigenvalue weighted by Crippen LogP contribution is -2.27. The molecule has 0 amide bonds. The molecule has 1 aromatic rings. The molecule has 0 saturated carbocycles. The van der Waals surface area contributed by atoms with Gasteiger partial charge in [-0.15, -0.1) is 11.3 Å². The van der Waals surface area contributed by atoms with Crippen LogP contribution in [-0.4, -0.2) is 38.7 Å². The minimum absolute atomic E-state index is 0.00977. The molecule has 1 heterocycles. The molecule has 0 radical (unpaired) electrons. The van der Waals surface area contributed by atoms with Crippen LogP contribution in [-0.2, 0) is 14.8 Å². The van der Waals surface area contributed by atoms with E-state index < -0.39 is 16.0 Å². The number of rotatable bonds is 7. The summed E-state index contributed by atoms with van der Waals surface area (Å²) in [5.74, 6) is -1.14. The standard InChI is InChI=1S/C10H15NO5S2/c1-7(2)16-4-3-11-18(14,15)9-5-8(6-17-9)10(12)13/h5-7,11H,3-4H2,1-2H3,(H,12,13). The van der Waals surface area contributed by atoms with Crippen LogP contribution in [0, 0.1) is 0 Å². The third-order valence-electron chi connectivity index (χ3n) is 1.93. The van der Waals surface area contributed by atoms with Crippen LogP contribution >= 0.6 is 11.3 Å². The van der Waals surface area contributed by atoms with Gasteiger partial charge in [0.25, 0.3) is 0 Å². The van der Waals surface area contributed by atoms with Crippen LogP contribution < -0.4 is 4.72 Å². The Labute approximate surface area is 110 Å². The van der Waals surface area contributed by atoms with E-state index >= 15 is 0 Å². The number of carboxylic acids is 1. The van der Waals surface area contributed by atoms with Gasteiger partial charge in [0.15, 0.2) is 0 Å². The molecule has 0 aliphatic carbocycles. The molecular weight excluding hydrogens is 278 g/mol. The summed E-state index contributed by atoms with van der Waals surface area (Å²) in [5, 5.41) is 10.0. The normalized spacial score (nSPS) is 11.9. The highest BCUT2D eigenvalue weighted by atomic mass is 32.2. The molecule has 0 unspecified atom stereocenters. The van der Waals surface area contributed by atoms with Crippen molar-refractivity contribution in [1.82, 2.24) is 4.72 Å². The maximum Gasteiger partial charge on any atom is 0.336 e. The lowest BCUT2D eigenvalue weighted by molar-refractivity contribution is 0.0697. The number of carboxylic acid groups (broad SMARTS) is 1. The Kier molecular flexibility index (Phi) is 5.27. The maximum absolute atomic E-state index is 11.8. The highest BCUT2D eigenvalue weighted by molar-refractivity contribution is 7.91. The number of aromatic carboxylic acids is 1. The Morgan fingerprint density at radius 3 is 2.72 bits per heavy atom. The van der Waals surface area contributed by atoms with E-state index in [-0.39, 0.29) is 29.0 Å². The second-order valence-corrected chi connectivity index (χ2v) is 6.68. The van der Waals surface area contributed by atoms with Crippen molar-refractivity contribution < 1.29 is 23.1 Å². The molecule has 1 aromatic heterocycles. The number of ether oxygens (including phenoxy) is 1. The lowest BCUT2D eigenvalue weighted by Gasteiger charge is -2.08. The Balaban J connectivity index is 2.60. The summed E-state index contributed by atoms with van der Waals surface area (Å²) in [4.78, 5) is 10.6. The van der Waals surface area contributed by atoms with Crippen LogP contribution in [0.3, 0.4) is 0 Å². The summed E-state index contributed by atoms with van der Waals surface area (Å²) >= 11 is 0.877. The summed E-state index contributed by atoms with van der Waals surface area (Å²) in [6.45, 7) is 4.13. The number of hydrogen-bond donors (Lipinski definition) is 2. The fourth-order valence-electron chi connectivity index (χ4n) is 1.11. The molecular formula is C10H15NO5S2. The molecule has 0 aliphatic rings. The van der Waals surface area contributed by atoms with Crippen molar-refractivity contribution in [2.75, 3.05) is 13.2 Å². The SMILES string of the molecule is CC(C)OCCNS(=O)(=O)c1cc(C(=O)O)cs1. The Hall–Kier alpha value is -0.960. The van der Waals surface area contributed by atoms with Crippen molar-refractivity contribution in [3.8, 4) is 0 Å². The molecule has 8 heteroatoms. The molecule has 1 rings (SSSR count). The molecule has 102 valence electrons. The Morgan fingerprint density at radius 1 is 1.56 bits per heavy atom. The number of thiophene rings is 1. The van der Waals surface area contributed by atoms with Crippen molar-refractivity contribution in [2.45, 2.75) is 24.2 Å². The summed E-state index contributed by atoms with van der Waals surface area (Å²) in [6.07, 6.45) is 0.0369. The third kappa shape index (κ3) is 4.37. The van der Waals surface area contributed by atoms with E-state index in [1.54, 1.807) is 0 Å². The summed E-state index contributed by atoms with van der Waals surface area (Å²) in [5.41, 5.74) is -0.0289. The van der Waals surface area contributed by atoms with Gasteiger partial charge in [-0.2, -0.15) is 0 Å². The van der Waals surface area contributed by atoms with Crippen molar-refractivity contribution in [3.05, 3.63) is 17.0 Å². The first kappa shape index (κ1) is 15.1. The van der Waals surface area contributed by atoms with Crippen LogP contribution in [0.2, 0.25) is 0 Å². The second-order valence-electron chi connectivity index (χ2n) is 3.78. The second kappa shape index (κ2) is 6.28. The third-order valence-corrected chi connectivity index (χ3v) is 4.83. The molecule has 0 aliphatic heterocycles. The quantitative estimate of drug-likeness (QED) is 0.736. The van der Waals surface area contributed by atoms with Gasteiger partial charge in [0.1, 0.15) is 4.21 Å². The van der Waals surface area contributed by atoms with E-state index in [1.165, 1.54) is 5.38 Å². The zero-order valence-electron chi connectivity index (χ0n) is 10.0. The van der Waals surface area contributed by atoms with Gasteiger partial charge in [-0.05, 0) is 19.9 Å². The fraction of sp³-hybridized carbons (Fsp3) is 0.500. The molecule has 0 spiro atoms. The van der Waals surface area contributed by atoms with Crippen LogP contribution in [0.5, 0.6) is 0 Å². The predicted molar refractivity (Wildman–Crippen MR) is 67.6 cm³/mol. The van der Waals surface area contributed by atoms with Gasteiger partial charge >= 0.3 is 5.97 Å². The van der Waals surface area contributed by atoms with E-state index in [4.69, 9.17) is 9.84 Å². The predicted octanol–water partition coefficient (Wildman–Crippen LogP) is 1.15. The molecule has 0 aromatic carbocycles. The maximum atomic E-state index is 11.8. The monoisotopic (exact) mass is 293 g/mol. The first-order chi connectivity index (χ1) is 8.33. The van der Waals surface area contributed by atoms with Crippen LogP contribution in [0.15, 0.2) is 15.7 Å². The van der Waals surface area contributed by atoms with Crippen molar-refractivity contribution in [2.24, 2.45) is 0 Å². The molecule has 0 fully saturated rings. The van der Waals surface area contributed by atoms with E-state index in [0.29, 0.717) is 0 Å².